The summed E-state index contributed by atoms with van der Waals surface area (Å²) in [5, 5.41) is 12.0. The normalized spacial score (nSPS) is 13.7. The Hall–Kier alpha value is -2.69. The van der Waals surface area contributed by atoms with Crippen LogP contribution >= 0.6 is 22.9 Å². The zero-order chi connectivity index (χ0) is 21.3. The molecule has 8 nitrogen and oxygen atoms in total. The van der Waals surface area contributed by atoms with Crippen molar-refractivity contribution in [2.75, 3.05) is 17.1 Å². The molecule has 156 valence electrons. The van der Waals surface area contributed by atoms with Crippen LogP contribution < -0.4 is 14.8 Å². The summed E-state index contributed by atoms with van der Waals surface area (Å²) in [6, 6.07) is 10.4. The SMILES string of the molecule is COc1ccc(NS(=O)(=O)c2cc(C(=O)Nc3nnc(C4CC4)s3)ccc2Cl)cc1. The highest BCUT2D eigenvalue weighted by Crippen LogP contribution is 2.42. The number of aromatic nitrogens is 2. The van der Waals surface area contributed by atoms with Crippen LogP contribution in [0.1, 0.15) is 34.1 Å². The average molecular weight is 465 g/mol. The zero-order valence-corrected chi connectivity index (χ0v) is 18.1. The van der Waals surface area contributed by atoms with Crippen LogP contribution in [0.15, 0.2) is 47.4 Å². The summed E-state index contributed by atoms with van der Waals surface area (Å²) in [6.07, 6.45) is 2.17. The summed E-state index contributed by atoms with van der Waals surface area (Å²) in [6.45, 7) is 0. The molecule has 0 saturated heterocycles. The standard InChI is InChI=1S/C19H17ClN4O4S2/c1-28-14-7-5-13(6-8-14)24-30(26,27)16-10-12(4-9-15(16)20)17(25)21-19-23-22-18(29-19)11-2-3-11/h4-11,24H,2-3H2,1H3,(H,21,23,25). The minimum absolute atomic E-state index is 0.000466. The zero-order valence-electron chi connectivity index (χ0n) is 15.8. The van der Waals surface area contributed by atoms with Crippen LogP contribution in [0.25, 0.3) is 0 Å². The van der Waals surface area contributed by atoms with Gasteiger partial charge in [0, 0.05) is 17.2 Å². The van der Waals surface area contributed by atoms with Crippen LogP contribution in [-0.2, 0) is 10.0 Å². The van der Waals surface area contributed by atoms with E-state index >= 15 is 0 Å². The van der Waals surface area contributed by atoms with Gasteiger partial charge in [0.2, 0.25) is 5.13 Å². The molecule has 2 aromatic carbocycles. The molecule has 0 atom stereocenters. The lowest BCUT2D eigenvalue weighted by Gasteiger charge is -2.11. The predicted octanol–water partition coefficient (Wildman–Crippen LogP) is 4.13. The maximum atomic E-state index is 12.8. The minimum Gasteiger partial charge on any atom is -0.497 e. The van der Waals surface area contributed by atoms with E-state index in [1.54, 1.807) is 24.3 Å². The van der Waals surface area contributed by atoms with Crippen molar-refractivity contribution in [3.8, 4) is 5.75 Å². The van der Waals surface area contributed by atoms with Crippen LogP contribution in [-0.4, -0.2) is 31.6 Å². The highest BCUT2D eigenvalue weighted by atomic mass is 35.5. The van der Waals surface area contributed by atoms with Crippen LogP contribution in [0, 0.1) is 0 Å². The number of halogens is 1. The van der Waals surface area contributed by atoms with E-state index in [0.717, 1.165) is 17.8 Å². The molecule has 0 spiro atoms. The second kappa shape index (κ2) is 8.21. The van der Waals surface area contributed by atoms with Gasteiger partial charge in [-0.3, -0.25) is 14.8 Å². The molecule has 3 aromatic rings. The number of carbonyl (C=O) groups excluding carboxylic acids is 1. The van der Waals surface area contributed by atoms with Crippen molar-refractivity contribution in [1.29, 1.82) is 0 Å². The molecule has 2 N–H and O–H groups in total. The molecular formula is C19H17ClN4O4S2. The first-order valence-corrected chi connectivity index (χ1v) is 11.6. The van der Waals surface area contributed by atoms with E-state index in [9.17, 15) is 13.2 Å². The lowest BCUT2D eigenvalue weighted by Crippen LogP contribution is -2.16. The van der Waals surface area contributed by atoms with E-state index in [1.165, 1.54) is 36.6 Å². The molecule has 11 heteroatoms. The van der Waals surface area contributed by atoms with Crippen molar-refractivity contribution in [1.82, 2.24) is 10.2 Å². The Morgan fingerprint density at radius 1 is 1.17 bits per heavy atom. The monoisotopic (exact) mass is 464 g/mol. The van der Waals surface area contributed by atoms with Crippen molar-refractivity contribution < 1.29 is 17.9 Å². The Bertz CT molecular complexity index is 1190. The van der Waals surface area contributed by atoms with Gasteiger partial charge in [0.25, 0.3) is 15.9 Å². The number of methoxy groups -OCH3 is 1. The Balaban J connectivity index is 1.54. The number of ether oxygens (including phenoxy) is 1. The van der Waals surface area contributed by atoms with Gasteiger partial charge >= 0.3 is 0 Å². The quantitative estimate of drug-likeness (QED) is 0.544. The smallest absolute Gasteiger partial charge is 0.263 e. The van der Waals surface area contributed by atoms with Crippen molar-refractivity contribution in [3.05, 3.63) is 58.1 Å². The number of nitrogens with one attached hydrogen (secondary N) is 2. The topological polar surface area (TPSA) is 110 Å². The Morgan fingerprint density at radius 3 is 2.57 bits per heavy atom. The fourth-order valence-corrected chi connectivity index (χ4v) is 5.16. The van der Waals surface area contributed by atoms with Gasteiger partial charge < -0.3 is 4.74 Å². The van der Waals surface area contributed by atoms with Gasteiger partial charge in [-0.15, -0.1) is 10.2 Å². The molecular weight excluding hydrogens is 448 g/mol. The number of benzene rings is 2. The number of nitrogens with zero attached hydrogens (tertiary/aromatic N) is 2. The fourth-order valence-electron chi connectivity index (χ4n) is 2.67. The highest BCUT2D eigenvalue weighted by Gasteiger charge is 2.28. The predicted molar refractivity (Wildman–Crippen MR) is 115 cm³/mol. The number of carbonyl (C=O) groups is 1. The lowest BCUT2D eigenvalue weighted by molar-refractivity contribution is 0.102. The van der Waals surface area contributed by atoms with E-state index in [1.807, 2.05) is 0 Å². The first-order chi connectivity index (χ1) is 14.4. The number of hydrogen-bond donors (Lipinski definition) is 2. The molecule has 30 heavy (non-hydrogen) atoms. The molecule has 0 bridgehead atoms. The van der Waals surface area contributed by atoms with Gasteiger partial charge in [-0.25, -0.2) is 8.42 Å². The molecule has 1 aliphatic rings. The first-order valence-electron chi connectivity index (χ1n) is 8.97. The molecule has 1 aromatic heterocycles. The molecule has 4 rings (SSSR count). The van der Waals surface area contributed by atoms with Crippen molar-refractivity contribution >= 4 is 49.7 Å². The molecule has 1 heterocycles. The molecule has 0 aliphatic heterocycles. The van der Waals surface area contributed by atoms with Crippen LogP contribution in [0.5, 0.6) is 5.75 Å². The summed E-state index contributed by atoms with van der Waals surface area (Å²) in [5.74, 6) is 0.534. The molecule has 0 radical (unpaired) electrons. The third-order valence-electron chi connectivity index (χ3n) is 4.41. The Morgan fingerprint density at radius 2 is 1.90 bits per heavy atom. The van der Waals surface area contributed by atoms with Crippen LogP contribution in [0.4, 0.5) is 10.8 Å². The lowest BCUT2D eigenvalue weighted by atomic mass is 10.2. The maximum Gasteiger partial charge on any atom is 0.263 e. The van der Waals surface area contributed by atoms with E-state index in [0.29, 0.717) is 22.5 Å². The van der Waals surface area contributed by atoms with Gasteiger partial charge in [0.1, 0.15) is 15.7 Å². The number of rotatable bonds is 7. The van der Waals surface area contributed by atoms with Crippen LogP contribution in [0.2, 0.25) is 5.02 Å². The second-order valence-electron chi connectivity index (χ2n) is 6.65. The molecule has 1 fully saturated rings. The molecule has 1 aliphatic carbocycles. The van der Waals surface area contributed by atoms with Gasteiger partial charge in [0.15, 0.2) is 0 Å². The summed E-state index contributed by atoms with van der Waals surface area (Å²) in [5.41, 5.74) is 0.473. The third kappa shape index (κ3) is 4.55. The summed E-state index contributed by atoms with van der Waals surface area (Å²) < 4.78 is 33.1. The maximum absolute atomic E-state index is 12.8. The summed E-state index contributed by atoms with van der Waals surface area (Å²) >= 11 is 7.44. The van der Waals surface area contributed by atoms with Crippen molar-refractivity contribution in [2.24, 2.45) is 0 Å². The first kappa shape index (κ1) is 20.6. The van der Waals surface area contributed by atoms with Gasteiger partial charge in [0.05, 0.1) is 12.1 Å². The van der Waals surface area contributed by atoms with Crippen molar-refractivity contribution in [3.63, 3.8) is 0 Å². The second-order valence-corrected chi connectivity index (χ2v) is 9.72. The number of amides is 1. The Labute approximate surface area is 182 Å². The van der Waals surface area contributed by atoms with Crippen molar-refractivity contribution in [2.45, 2.75) is 23.7 Å². The van der Waals surface area contributed by atoms with Gasteiger partial charge in [-0.1, -0.05) is 22.9 Å². The van der Waals surface area contributed by atoms with Gasteiger partial charge in [-0.05, 0) is 55.3 Å². The largest absolute Gasteiger partial charge is 0.497 e. The average Bonchev–Trinajstić information content (AvgIpc) is 3.47. The minimum atomic E-state index is -4.02. The fraction of sp³-hybridized carbons (Fsp3) is 0.211. The molecule has 1 saturated carbocycles. The summed E-state index contributed by atoms with van der Waals surface area (Å²) in [4.78, 5) is 12.4. The number of hydrogen-bond acceptors (Lipinski definition) is 7. The highest BCUT2D eigenvalue weighted by molar-refractivity contribution is 7.92. The molecule has 0 unspecified atom stereocenters. The van der Waals surface area contributed by atoms with E-state index in [-0.39, 0.29) is 15.5 Å². The number of sulfonamides is 1. The van der Waals surface area contributed by atoms with Crippen LogP contribution in [0.3, 0.4) is 0 Å². The third-order valence-corrected chi connectivity index (χ3v) is 7.28. The van der Waals surface area contributed by atoms with Gasteiger partial charge in [-0.2, -0.15) is 0 Å². The molecule has 1 amide bonds. The van der Waals surface area contributed by atoms with E-state index < -0.39 is 15.9 Å². The van der Waals surface area contributed by atoms with E-state index in [2.05, 4.69) is 20.2 Å². The number of anilines is 2. The Kier molecular flexibility index (Phi) is 5.63. The summed E-state index contributed by atoms with van der Waals surface area (Å²) in [7, 11) is -2.50. The van der Waals surface area contributed by atoms with E-state index in [4.69, 9.17) is 16.3 Å².